The van der Waals surface area contributed by atoms with Gasteiger partial charge in [-0.1, -0.05) is 161 Å². The first-order valence-corrected chi connectivity index (χ1v) is 18.4. The number of hydrogen-bond donors (Lipinski definition) is 0. The van der Waals surface area contributed by atoms with E-state index < -0.39 is 0 Å². The van der Waals surface area contributed by atoms with Gasteiger partial charge < -0.3 is 4.90 Å². The average Bonchev–Trinajstić information content (AvgIpc) is 3.42. The Labute approximate surface area is 296 Å². The Morgan fingerprint density at radius 2 is 1.12 bits per heavy atom. The number of rotatable bonds is 6. The van der Waals surface area contributed by atoms with E-state index in [2.05, 4.69) is 176 Å². The molecule has 244 valence electrons. The molecule has 0 bridgehead atoms. The first kappa shape index (κ1) is 30.6. The summed E-state index contributed by atoms with van der Waals surface area (Å²) in [6, 6.07) is 58.9. The van der Waals surface area contributed by atoms with Gasteiger partial charge in [0.05, 0.1) is 5.69 Å². The van der Waals surface area contributed by atoms with Gasteiger partial charge in [0.25, 0.3) is 0 Å². The lowest BCUT2D eigenvalue weighted by Gasteiger charge is -2.30. The fraction of sp³-hybridized carbons (Fsp3) is 0.184. The summed E-state index contributed by atoms with van der Waals surface area (Å²) in [5.74, 6) is 0.674. The Morgan fingerprint density at radius 3 is 1.90 bits per heavy atom. The Kier molecular flexibility index (Phi) is 7.65. The van der Waals surface area contributed by atoms with Crippen LogP contribution in [0.15, 0.2) is 158 Å². The van der Waals surface area contributed by atoms with Gasteiger partial charge in [-0.2, -0.15) is 0 Å². The Morgan fingerprint density at radius 1 is 0.500 bits per heavy atom. The molecule has 1 saturated carbocycles. The third kappa shape index (κ3) is 5.15. The van der Waals surface area contributed by atoms with Gasteiger partial charge in [-0.05, 0) is 104 Å². The lowest BCUT2D eigenvalue weighted by molar-refractivity contribution is 0.443. The fourth-order valence-corrected chi connectivity index (χ4v) is 8.93. The molecule has 50 heavy (non-hydrogen) atoms. The lowest BCUT2D eigenvalue weighted by Crippen LogP contribution is -2.16. The van der Waals surface area contributed by atoms with Crippen molar-refractivity contribution >= 4 is 27.8 Å². The molecule has 2 aliphatic carbocycles. The minimum Gasteiger partial charge on any atom is -0.310 e. The molecule has 0 N–H and O–H groups in total. The van der Waals surface area contributed by atoms with Gasteiger partial charge >= 0.3 is 0 Å². The van der Waals surface area contributed by atoms with Crippen LogP contribution in [-0.4, -0.2) is 0 Å². The zero-order chi connectivity index (χ0) is 33.7. The summed E-state index contributed by atoms with van der Waals surface area (Å²) in [5.41, 5.74) is 15.4. The smallest absolute Gasteiger partial charge is 0.0543 e. The predicted octanol–water partition coefficient (Wildman–Crippen LogP) is 14.0. The molecule has 1 nitrogen and oxygen atoms in total. The van der Waals surface area contributed by atoms with Gasteiger partial charge in [0, 0.05) is 22.4 Å². The van der Waals surface area contributed by atoms with Crippen LogP contribution in [0.4, 0.5) is 17.1 Å². The van der Waals surface area contributed by atoms with Crippen LogP contribution < -0.4 is 4.90 Å². The molecule has 0 heterocycles. The minimum absolute atomic E-state index is 0.0723. The van der Waals surface area contributed by atoms with Gasteiger partial charge in [0.15, 0.2) is 0 Å². The minimum atomic E-state index is -0.0723. The van der Waals surface area contributed by atoms with Crippen LogP contribution in [0, 0.1) is 0 Å². The van der Waals surface area contributed by atoms with Gasteiger partial charge in [-0.3, -0.25) is 0 Å². The van der Waals surface area contributed by atoms with Crippen molar-refractivity contribution in [3.05, 3.63) is 174 Å². The Bertz CT molecular complexity index is 2320. The standard InChI is InChI=1S/C49H43N/c1-49(2)44-26-10-9-23-43(44)48-45(49)27-14-28-46(48)50(39-31-29-35(30-32-39)34-15-5-3-6-16-34)40-22-11-21-38(33-40)42-25-13-20-37-19-12-24-41(47(37)42)36-17-7-4-8-18-36/h4,7-14,17-34H,3,5-6,15-16H2,1-2H3. The van der Waals surface area contributed by atoms with Crippen molar-refractivity contribution in [1.29, 1.82) is 0 Å². The molecule has 0 radical (unpaired) electrons. The van der Waals surface area contributed by atoms with Gasteiger partial charge in [0.1, 0.15) is 0 Å². The number of fused-ring (bicyclic) bond motifs is 4. The van der Waals surface area contributed by atoms with E-state index in [1.807, 2.05) is 0 Å². The summed E-state index contributed by atoms with van der Waals surface area (Å²) < 4.78 is 0. The van der Waals surface area contributed by atoms with E-state index in [-0.39, 0.29) is 5.41 Å². The predicted molar refractivity (Wildman–Crippen MR) is 213 cm³/mol. The van der Waals surface area contributed by atoms with E-state index in [4.69, 9.17) is 0 Å². The van der Waals surface area contributed by atoms with Crippen molar-refractivity contribution in [3.8, 4) is 33.4 Å². The average molecular weight is 646 g/mol. The van der Waals surface area contributed by atoms with E-state index in [0.717, 1.165) is 5.69 Å². The normalized spacial score (nSPS) is 15.1. The monoisotopic (exact) mass is 645 g/mol. The zero-order valence-electron chi connectivity index (χ0n) is 29.1. The van der Waals surface area contributed by atoms with Crippen molar-refractivity contribution in [1.82, 2.24) is 0 Å². The van der Waals surface area contributed by atoms with Crippen molar-refractivity contribution in [2.24, 2.45) is 0 Å². The third-order valence-electron chi connectivity index (χ3n) is 11.5. The summed E-state index contributed by atoms with van der Waals surface area (Å²) in [5, 5.41) is 2.54. The summed E-state index contributed by atoms with van der Waals surface area (Å²) in [4.78, 5) is 2.51. The largest absolute Gasteiger partial charge is 0.310 e. The fourth-order valence-electron chi connectivity index (χ4n) is 8.93. The summed E-state index contributed by atoms with van der Waals surface area (Å²) in [6.07, 6.45) is 6.67. The highest BCUT2D eigenvalue weighted by atomic mass is 15.1. The molecule has 1 fully saturated rings. The van der Waals surface area contributed by atoms with E-state index in [0.29, 0.717) is 5.92 Å². The highest BCUT2D eigenvalue weighted by Gasteiger charge is 2.37. The maximum atomic E-state index is 2.51. The lowest BCUT2D eigenvalue weighted by atomic mass is 9.82. The second kappa shape index (κ2) is 12.5. The molecule has 7 aromatic rings. The third-order valence-corrected chi connectivity index (χ3v) is 11.5. The molecule has 9 rings (SSSR count). The van der Waals surface area contributed by atoms with E-state index >= 15 is 0 Å². The Hall–Kier alpha value is -5.40. The summed E-state index contributed by atoms with van der Waals surface area (Å²) >= 11 is 0. The number of nitrogens with zero attached hydrogens (tertiary/aromatic N) is 1. The SMILES string of the molecule is CC1(C)c2ccccc2-c2c(N(c3ccc(C4CCCCC4)cc3)c3cccc(-c4cccc5cccc(-c6ccccc6)c45)c3)cccc21. The van der Waals surface area contributed by atoms with Crippen molar-refractivity contribution in [3.63, 3.8) is 0 Å². The second-order valence-corrected chi connectivity index (χ2v) is 14.8. The van der Waals surface area contributed by atoms with E-state index in [1.165, 1.54) is 104 Å². The van der Waals surface area contributed by atoms with Crippen molar-refractivity contribution < 1.29 is 0 Å². The van der Waals surface area contributed by atoms with E-state index in [9.17, 15) is 0 Å². The molecule has 7 aromatic carbocycles. The molecule has 0 amide bonds. The molecule has 0 atom stereocenters. The maximum Gasteiger partial charge on any atom is 0.0543 e. The summed E-state index contributed by atoms with van der Waals surface area (Å²) in [6.45, 7) is 4.74. The molecular formula is C49H43N. The molecule has 1 heteroatoms. The topological polar surface area (TPSA) is 3.24 Å². The van der Waals surface area contributed by atoms with E-state index in [1.54, 1.807) is 0 Å². The Balaban J connectivity index is 1.24. The molecule has 0 saturated heterocycles. The first-order valence-electron chi connectivity index (χ1n) is 18.4. The van der Waals surface area contributed by atoms with Gasteiger partial charge in [-0.15, -0.1) is 0 Å². The number of benzene rings is 7. The molecule has 0 aliphatic heterocycles. The summed E-state index contributed by atoms with van der Waals surface area (Å²) in [7, 11) is 0. The van der Waals surface area contributed by atoms with Crippen LogP contribution in [0.5, 0.6) is 0 Å². The van der Waals surface area contributed by atoms with Crippen LogP contribution >= 0.6 is 0 Å². The molecule has 0 aromatic heterocycles. The van der Waals surface area contributed by atoms with Crippen LogP contribution in [0.1, 0.15) is 68.6 Å². The highest BCUT2D eigenvalue weighted by Crippen LogP contribution is 2.54. The number of anilines is 3. The second-order valence-electron chi connectivity index (χ2n) is 14.8. The van der Waals surface area contributed by atoms with Crippen LogP contribution in [0.3, 0.4) is 0 Å². The molecule has 0 unspecified atom stereocenters. The highest BCUT2D eigenvalue weighted by molar-refractivity contribution is 6.07. The molecule has 2 aliphatic rings. The maximum absolute atomic E-state index is 2.51. The zero-order valence-corrected chi connectivity index (χ0v) is 29.1. The van der Waals surface area contributed by atoms with Crippen LogP contribution in [0.2, 0.25) is 0 Å². The quantitative estimate of drug-likeness (QED) is 0.174. The van der Waals surface area contributed by atoms with Gasteiger partial charge in [-0.25, -0.2) is 0 Å². The molecular weight excluding hydrogens is 603 g/mol. The van der Waals surface area contributed by atoms with Crippen LogP contribution in [0.25, 0.3) is 44.2 Å². The first-order chi connectivity index (χ1) is 24.6. The van der Waals surface area contributed by atoms with Crippen molar-refractivity contribution in [2.45, 2.75) is 57.3 Å². The molecule has 0 spiro atoms. The van der Waals surface area contributed by atoms with Gasteiger partial charge in [0.2, 0.25) is 0 Å². The van der Waals surface area contributed by atoms with Crippen LogP contribution in [-0.2, 0) is 5.41 Å². The number of hydrogen-bond acceptors (Lipinski definition) is 1. The van der Waals surface area contributed by atoms with Crippen molar-refractivity contribution in [2.75, 3.05) is 4.90 Å².